The Morgan fingerprint density at radius 3 is 2.90 bits per heavy atom. The smallest absolute Gasteiger partial charge is 0.263 e. The van der Waals surface area contributed by atoms with E-state index in [1.807, 2.05) is 25.1 Å². The summed E-state index contributed by atoms with van der Waals surface area (Å²) in [7, 11) is 1.70. The minimum Gasteiger partial charge on any atom is -0.397 e. The number of nitrogens with two attached hydrogens (primary N) is 1. The van der Waals surface area contributed by atoms with E-state index >= 15 is 0 Å². The van der Waals surface area contributed by atoms with Crippen molar-refractivity contribution in [2.45, 2.75) is 26.2 Å². The number of ether oxygens (including phenoxy) is 1. The summed E-state index contributed by atoms with van der Waals surface area (Å²) >= 11 is 1.46. The predicted molar refractivity (Wildman–Crippen MR) is 89.0 cm³/mol. The van der Waals surface area contributed by atoms with Crippen molar-refractivity contribution < 1.29 is 9.53 Å². The van der Waals surface area contributed by atoms with Crippen LogP contribution in [0.5, 0.6) is 0 Å². The van der Waals surface area contributed by atoms with Crippen molar-refractivity contribution >= 4 is 33.0 Å². The number of benzene rings is 1. The Hall–Kier alpha value is -1.59. The number of hydrogen-bond acceptors (Lipinski definition) is 4. The topological polar surface area (TPSA) is 64.3 Å². The van der Waals surface area contributed by atoms with Crippen molar-refractivity contribution in [1.82, 2.24) is 5.32 Å². The average Bonchev–Trinajstić information content (AvgIpc) is 2.79. The van der Waals surface area contributed by atoms with Crippen LogP contribution in [0.3, 0.4) is 0 Å². The maximum Gasteiger partial charge on any atom is 0.263 e. The van der Waals surface area contributed by atoms with Gasteiger partial charge in [0.2, 0.25) is 0 Å². The average molecular weight is 306 g/mol. The molecule has 3 N–H and O–H groups in total. The second-order valence-corrected chi connectivity index (χ2v) is 6.21. The number of carbonyl (C=O) groups excluding carboxylic acids is 1. The molecule has 0 saturated heterocycles. The number of rotatable bonds is 7. The lowest BCUT2D eigenvalue weighted by molar-refractivity contribution is 0.0957. The number of carbonyl (C=O) groups is 1. The third-order valence-electron chi connectivity index (χ3n) is 3.40. The van der Waals surface area contributed by atoms with Crippen molar-refractivity contribution in [2.24, 2.45) is 0 Å². The molecule has 2 aromatic rings. The highest BCUT2D eigenvalue weighted by atomic mass is 32.1. The molecule has 0 aliphatic carbocycles. The number of anilines is 1. The van der Waals surface area contributed by atoms with Gasteiger partial charge in [0.15, 0.2) is 0 Å². The zero-order chi connectivity index (χ0) is 15.2. The van der Waals surface area contributed by atoms with Gasteiger partial charge >= 0.3 is 0 Å². The molecule has 0 bridgehead atoms. The van der Waals surface area contributed by atoms with Crippen LogP contribution < -0.4 is 11.1 Å². The fraction of sp³-hybridized carbons (Fsp3) is 0.438. The maximum absolute atomic E-state index is 12.2. The van der Waals surface area contributed by atoms with Gasteiger partial charge in [-0.1, -0.05) is 11.6 Å². The number of thiophene rings is 1. The molecule has 0 aliphatic rings. The summed E-state index contributed by atoms with van der Waals surface area (Å²) in [4.78, 5) is 12.8. The van der Waals surface area contributed by atoms with Crippen molar-refractivity contribution in [3.05, 3.63) is 28.6 Å². The number of amides is 1. The summed E-state index contributed by atoms with van der Waals surface area (Å²) in [6.45, 7) is 3.47. The molecular formula is C16H22N2O2S. The van der Waals surface area contributed by atoms with Gasteiger partial charge in [-0.05, 0) is 38.3 Å². The van der Waals surface area contributed by atoms with E-state index in [0.29, 0.717) is 17.1 Å². The highest BCUT2D eigenvalue weighted by Crippen LogP contribution is 2.34. The Balaban J connectivity index is 1.95. The van der Waals surface area contributed by atoms with E-state index < -0.39 is 0 Å². The first-order valence-electron chi connectivity index (χ1n) is 7.19. The molecule has 1 aromatic carbocycles. The first-order chi connectivity index (χ1) is 10.1. The van der Waals surface area contributed by atoms with Gasteiger partial charge in [0.05, 0.1) is 5.69 Å². The standard InChI is InChI=1S/C16H22N2O2S/c1-11-6-7-13-12(10-11)14(17)15(21-13)16(19)18-8-4-3-5-9-20-2/h6-7,10H,3-5,8-9,17H2,1-2H3,(H,18,19). The monoisotopic (exact) mass is 306 g/mol. The number of nitrogen functional groups attached to an aromatic ring is 1. The molecule has 0 radical (unpaired) electrons. The zero-order valence-corrected chi connectivity index (χ0v) is 13.4. The quantitative estimate of drug-likeness (QED) is 0.771. The van der Waals surface area contributed by atoms with Crippen LogP contribution in [-0.4, -0.2) is 26.2 Å². The van der Waals surface area contributed by atoms with Crippen molar-refractivity contribution in [3.63, 3.8) is 0 Å². The molecule has 0 spiro atoms. The van der Waals surface area contributed by atoms with Gasteiger partial charge in [-0.25, -0.2) is 0 Å². The molecule has 21 heavy (non-hydrogen) atoms. The highest BCUT2D eigenvalue weighted by Gasteiger charge is 2.15. The Bertz CT molecular complexity index is 622. The molecule has 1 aromatic heterocycles. The number of hydrogen-bond donors (Lipinski definition) is 2. The lowest BCUT2D eigenvalue weighted by atomic mass is 10.1. The van der Waals surface area contributed by atoms with Gasteiger partial charge in [0.1, 0.15) is 4.88 Å². The van der Waals surface area contributed by atoms with E-state index in [1.165, 1.54) is 11.3 Å². The predicted octanol–water partition coefficient (Wildman–Crippen LogP) is 3.34. The lowest BCUT2D eigenvalue weighted by Gasteiger charge is -2.04. The third-order valence-corrected chi connectivity index (χ3v) is 4.58. The molecule has 4 nitrogen and oxygen atoms in total. The third kappa shape index (κ3) is 3.95. The molecule has 0 unspecified atom stereocenters. The number of fused-ring (bicyclic) bond motifs is 1. The van der Waals surface area contributed by atoms with Gasteiger partial charge in [-0.3, -0.25) is 4.79 Å². The summed E-state index contributed by atoms with van der Waals surface area (Å²) < 4.78 is 6.05. The van der Waals surface area contributed by atoms with E-state index in [1.54, 1.807) is 7.11 Å². The van der Waals surface area contributed by atoms with E-state index in [9.17, 15) is 4.79 Å². The van der Waals surface area contributed by atoms with Gasteiger partial charge in [-0.15, -0.1) is 11.3 Å². The fourth-order valence-electron chi connectivity index (χ4n) is 2.23. The lowest BCUT2D eigenvalue weighted by Crippen LogP contribution is -2.24. The van der Waals surface area contributed by atoms with Crippen LogP contribution in [-0.2, 0) is 4.74 Å². The largest absolute Gasteiger partial charge is 0.397 e. The highest BCUT2D eigenvalue weighted by molar-refractivity contribution is 7.21. The van der Waals surface area contributed by atoms with Crippen LogP contribution in [0, 0.1) is 6.92 Å². The number of nitrogens with one attached hydrogen (secondary N) is 1. The van der Waals surface area contributed by atoms with Gasteiger partial charge in [-0.2, -0.15) is 0 Å². The molecular weight excluding hydrogens is 284 g/mol. The van der Waals surface area contributed by atoms with E-state index in [0.717, 1.165) is 41.5 Å². The summed E-state index contributed by atoms with van der Waals surface area (Å²) in [5.41, 5.74) is 7.86. The Morgan fingerprint density at radius 2 is 2.14 bits per heavy atom. The Labute approximate surface area is 129 Å². The second-order valence-electron chi connectivity index (χ2n) is 5.15. The zero-order valence-electron chi connectivity index (χ0n) is 12.6. The molecule has 0 atom stereocenters. The molecule has 0 saturated carbocycles. The first kappa shape index (κ1) is 15.8. The second kappa shape index (κ2) is 7.43. The van der Waals surface area contributed by atoms with Gasteiger partial charge in [0, 0.05) is 30.3 Å². The molecule has 1 amide bonds. The summed E-state index contributed by atoms with van der Waals surface area (Å²) in [6.07, 6.45) is 3.03. The molecule has 1 heterocycles. The van der Waals surface area contributed by atoms with Crippen LogP contribution in [0.25, 0.3) is 10.1 Å². The van der Waals surface area contributed by atoms with Gasteiger partial charge in [0.25, 0.3) is 5.91 Å². The van der Waals surface area contributed by atoms with Crippen LogP contribution in [0.15, 0.2) is 18.2 Å². The minimum absolute atomic E-state index is 0.0712. The Kier molecular flexibility index (Phi) is 5.59. The molecule has 114 valence electrons. The van der Waals surface area contributed by atoms with Crippen LogP contribution >= 0.6 is 11.3 Å². The van der Waals surface area contributed by atoms with Gasteiger partial charge < -0.3 is 15.8 Å². The van der Waals surface area contributed by atoms with Crippen LogP contribution in [0.4, 0.5) is 5.69 Å². The first-order valence-corrected chi connectivity index (χ1v) is 8.01. The summed E-state index contributed by atoms with van der Waals surface area (Å²) in [6, 6.07) is 6.09. The van der Waals surface area contributed by atoms with Crippen LogP contribution in [0.1, 0.15) is 34.5 Å². The molecule has 0 fully saturated rings. The number of unbranched alkanes of at least 4 members (excludes halogenated alkanes) is 2. The van der Waals surface area contributed by atoms with E-state index in [4.69, 9.17) is 10.5 Å². The summed E-state index contributed by atoms with van der Waals surface area (Å²) in [5.74, 6) is -0.0712. The number of methoxy groups -OCH3 is 1. The maximum atomic E-state index is 12.2. The molecule has 5 heteroatoms. The van der Waals surface area contributed by atoms with Crippen molar-refractivity contribution in [2.75, 3.05) is 26.0 Å². The van der Waals surface area contributed by atoms with Crippen LogP contribution in [0.2, 0.25) is 0 Å². The van der Waals surface area contributed by atoms with E-state index in [2.05, 4.69) is 5.32 Å². The van der Waals surface area contributed by atoms with Crippen molar-refractivity contribution in [3.8, 4) is 0 Å². The molecule has 0 aliphatic heterocycles. The van der Waals surface area contributed by atoms with E-state index in [-0.39, 0.29) is 5.91 Å². The number of aryl methyl sites for hydroxylation is 1. The minimum atomic E-state index is -0.0712. The summed E-state index contributed by atoms with van der Waals surface area (Å²) in [5, 5.41) is 3.92. The fourth-order valence-corrected chi connectivity index (χ4v) is 3.25. The SMILES string of the molecule is COCCCCCNC(=O)c1sc2ccc(C)cc2c1N. The molecule has 2 rings (SSSR count). The van der Waals surface area contributed by atoms with Crippen molar-refractivity contribution in [1.29, 1.82) is 0 Å². The normalized spacial score (nSPS) is 11.0. The Morgan fingerprint density at radius 1 is 1.33 bits per heavy atom.